The van der Waals surface area contributed by atoms with Crippen LogP contribution in [0.2, 0.25) is 0 Å². The Morgan fingerprint density at radius 1 is 1.02 bits per heavy atom. The highest BCUT2D eigenvalue weighted by molar-refractivity contribution is 5.41. The molecule has 0 aromatic heterocycles. The minimum atomic E-state index is -0.808. The Morgan fingerprint density at radius 3 is 2.46 bits per heavy atom. The highest BCUT2D eigenvalue weighted by Crippen LogP contribution is 2.53. The SMILES string of the molecule is CC[C@H](C)C1O[C@]2(CC[C@@H]1C)C[C@@H](OC=O)C[C@@H](C/C=C(\C)[C@@H](O[C@H]1C[C@H](OC)[C@@H](O[C@H]3C[C@H](OC)[C@@H](O)[C@H](C)O3)[C@H](C)O1)[C@@H](C)/C=C/C=C1\CO[C@@H]3[C@H](O)C(C)=CC4COC143)O2. The second-order valence-corrected chi connectivity index (χ2v) is 19.6. The molecule has 6 fully saturated rings. The van der Waals surface area contributed by atoms with Gasteiger partial charge in [0.25, 0.3) is 6.47 Å². The second-order valence-electron chi connectivity index (χ2n) is 19.6. The Labute approximate surface area is 374 Å². The third kappa shape index (κ3) is 10.3. The summed E-state index contributed by atoms with van der Waals surface area (Å²) in [7, 11) is 3.25. The molecule has 1 aliphatic carbocycles. The van der Waals surface area contributed by atoms with Crippen LogP contribution in [0.5, 0.6) is 0 Å². The number of carbonyl (C=O) groups is 1. The van der Waals surface area contributed by atoms with Gasteiger partial charge in [0, 0.05) is 58.2 Å². The average molecular weight is 889 g/mol. The molecule has 0 radical (unpaired) electrons. The van der Waals surface area contributed by atoms with Crippen LogP contribution in [0.25, 0.3) is 0 Å². The summed E-state index contributed by atoms with van der Waals surface area (Å²) in [5.41, 5.74) is 2.31. The Morgan fingerprint density at radius 2 is 1.76 bits per heavy atom. The van der Waals surface area contributed by atoms with E-state index in [1.807, 2.05) is 26.8 Å². The number of hydrogen-bond donors (Lipinski definition) is 2. The number of ether oxygens (including phenoxy) is 11. The summed E-state index contributed by atoms with van der Waals surface area (Å²) in [6, 6.07) is 0. The number of rotatable bonds is 16. The number of methoxy groups -OCH3 is 2. The molecule has 6 heterocycles. The molecular formula is C49H76O14. The summed E-state index contributed by atoms with van der Waals surface area (Å²) in [4.78, 5) is 11.7. The van der Waals surface area contributed by atoms with Crippen LogP contribution < -0.4 is 0 Å². The standard InChI is InChI=1S/C49H76O14/c1-11-27(2)45-30(5)17-18-48(63-45)23-37(56-26-50)20-36(62-48)16-15-29(4)44(28(3)13-12-14-34-24-55-47-42(51)31(6)19-35-25-57-49(34,35)47)60-41-22-39(54-10)46(33(8)59-41)61-40-21-38(53-9)43(52)32(7)58-40/h12-15,19,26-28,30,32-33,35-47,51-52H,11,16-18,20-25H2,1-10H3/b13-12+,29-15+,34-14+/t27-,28-,30-,32-,33-,35?,36+,37-,38-,39-,40-,41-,42+,43-,44-,45?,46-,47+,48+,49?/m0/s1. The van der Waals surface area contributed by atoms with E-state index in [4.69, 9.17) is 52.1 Å². The molecule has 7 aliphatic rings. The zero-order chi connectivity index (χ0) is 45.2. The van der Waals surface area contributed by atoms with Crippen LogP contribution in [-0.2, 0) is 56.9 Å². The number of aliphatic hydroxyl groups excluding tert-OH is 2. The lowest BCUT2D eigenvalue weighted by atomic mass is 9.67. The van der Waals surface area contributed by atoms with Gasteiger partial charge in [0.15, 0.2) is 18.4 Å². The van der Waals surface area contributed by atoms with E-state index in [0.717, 1.165) is 36.0 Å². The van der Waals surface area contributed by atoms with Crippen LogP contribution in [0, 0.1) is 23.7 Å². The highest BCUT2D eigenvalue weighted by Gasteiger charge is 2.63. The molecule has 63 heavy (non-hydrogen) atoms. The third-order valence-corrected chi connectivity index (χ3v) is 15.2. The largest absolute Gasteiger partial charge is 0.464 e. The predicted molar refractivity (Wildman–Crippen MR) is 232 cm³/mol. The van der Waals surface area contributed by atoms with Gasteiger partial charge < -0.3 is 62.3 Å². The molecule has 6 aliphatic heterocycles. The van der Waals surface area contributed by atoms with Crippen molar-refractivity contribution in [3.05, 3.63) is 47.1 Å². The molecule has 0 saturated carbocycles. The lowest BCUT2D eigenvalue weighted by Gasteiger charge is -2.53. The lowest BCUT2D eigenvalue weighted by Crippen LogP contribution is -2.64. The fourth-order valence-electron chi connectivity index (χ4n) is 11.3. The van der Waals surface area contributed by atoms with Crippen molar-refractivity contribution in [3.63, 3.8) is 0 Å². The smallest absolute Gasteiger partial charge is 0.293 e. The van der Waals surface area contributed by atoms with Gasteiger partial charge in [0.1, 0.15) is 36.1 Å². The molecule has 20 atom stereocenters. The van der Waals surface area contributed by atoms with E-state index in [2.05, 4.69) is 58.9 Å². The fraction of sp³-hybridized carbons (Fsp3) is 0.816. The van der Waals surface area contributed by atoms with Crippen molar-refractivity contribution in [1.82, 2.24) is 0 Å². The number of carbonyl (C=O) groups excluding carboxylic acids is 1. The first-order valence-corrected chi connectivity index (χ1v) is 23.6. The van der Waals surface area contributed by atoms with Crippen LogP contribution in [-0.4, -0.2) is 141 Å². The number of aliphatic hydroxyl groups is 2. The Hall–Kier alpha value is -2.05. The molecule has 14 nitrogen and oxygen atoms in total. The minimum absolute atomic E-state index is 0.0663. The van der Waals surface area contributed by atoms with Crippen molar-refractivity contribution in [1.29, 1.82) is 0 Å². The quantitative estimate of drug-likeness (QED) is 0.132. The molecule has 3 unspecified atom stereocenters. The average Bonchev–Trinajstić information content (AvgIpc) is 3.67. The predicted octanol–water partition coefficient (Wildman–Crippen LogP) is 6.26. The van der Waals surface area contributed by atoms with Gasteiger partial charge in [-0.3, -0.25) is 4.79 Å². The normalized spacial score (nSPS) is 45.3. The van der Waals surface area contributed by atoms with Gasteiger partial charge in [-0.05, 0) is 69.1 Å². The molecule has 0 amide bonds. The van der Waals surface area contributed by atoms with Gasteiger partial charge in [0.2, 0.25) is 0 Å². The van der Waals surface area contributed by atoms with Crippen molar-refractivity contribution in [2.24, 2.45) is 23.7 Å². The van der Waals surface area contributed by atoms with E-state index in [9.17, 15) is 15.0 Å². The van der Waals surface area contributed by atoms with E-state index in [0.29, 0.717) is 63.6 Å². The maximum atomic E-state index is 11.7. The van der Waals surface area contributed by atoms with Crippen LogP contribution in [0.15, 0.2) is 47.1 Å². The van der Waals surface area contributed by atoms with Crippen molar-refractivity contribution in [3.8, 4) is 0 Å². The highest BCUT2D eigenvalue weighted by atomic mass is 16.7. The molecular weight excluding hydrogens is 813 g/mol. The third-order valence-electron chi connectivity index (χ3n) is 15.2. The fourth-order valence-corrected chi connectivity index (χ4v) is 11.3. The van der Waals surface area contributed by atoms with Crippen molar-refractivity contribution >= 4 is 6.47 Å². The molecule has 6 saturated heterocycles. The van der Waals surface area contributed by atoms with Gasteiger partial charge in [-0.2, -0.15) is 0 Å². The van der Waals surface area contributed by atoms with E-state index in [-0.39, 0.29) is 36.3 Å². The van der Waals surface area contributed by atoms with Crippen molar-refractivity contribution in [2.45, 2.75) is 204 Å². The van der Waals surface area contributed by atoms with E-state index in [1.165, 1.54) is 0 Å². The molecule has 356 valence electrons. The van der Waals surface area contributed by atoms with Crippen LogP contribution in [0.1, 0.15) is 107 Å². The van der Waals surface area contributed by atoms with Gasteiger partial charge in [-0.25, -0.2) is 0 Å². The molecule has 0 aromatic rings. The molecule has 0 bridgehead atoms. The lowest BCUT2D eigenvalue weighted by molar-refractivity contribution is -0.340. The molecule has 2 N–H and O–H groups in total. The minimum Gasteiger partial charge on any atom is -0.464 e. The Bertz CT molecular complexity index is 1660. The van der Waals surface area contributed by atoms with Gasteiger partial charge in [0.05, 0.1) is 55.9 Å². The summed E-state index contributed by atoms with van der Waals surface area (Å²) >= 11 is 0. The summed E-state index contributed by atoms with van der Waals surface area (Å²) in [5, 5.41) is 21.5. The number of hydrogen-bond acceptors (Lipinski definition) is 14. The Balaban J connectivity index is 1.09. The first kappa shape index (κ1) is 48.9. The molecule has 14 heteroatoms. The summed E-state index contributed by atoms with van der Waals surface area (Å²) in [6.07, 6.45) is 9.69. The van der Waals surface area contributed by atoms with E-state index >= 15 is 0 Å². The van der Waals surface area contributed by atoms with Gasteiger partial charge >= 0.3 is 0 Å². The topological polar surface area (TPSA) is 159 Å². The maximum Gasteiger partial charge on any atom is 0.293 e. The second kappa shape index (κ2) is 20.9. The summed E-state index contributed by atoms with van der Waals surface area (Å²) in [6.45, 7) is 18.1. The van der Waals surface area contributed by atoms with Crippen LogP contribution >= 0.6 is 0 Å². The molecule has 7 rings (SSSR count). The number of allylic oxidation sites excluding steroid dienone is 2. The monoisotopic (exact) mass is 889 g/mol. The van der Waals surface area contributed by atoms with Crippen molar-refractivity contribution < 1.29 is 67.1 Å². The summed E-state index contributed by atoms with van der Waals surface area (Å²) < 4.78 is 69.4. The molecule has 0 aromatic carbocycles. The maximum absolute atomic E-state index is 11.7. The van der Waals surface area contributed by atoms with E-state index in [1.54, 1.807) is 14.2 Å². The zero-order valence-corrected chi connectivity index (χ0v) is 39.2. The molecule has 2 spiro atoms. The van der Waals surface area contributed by atoms with E-state index < -0.39 is 72.8 Å². The summed E-state index contributed by atoms with van der Waals surface area (Å²) in [5.74, 6) is 0.0376. The first-order chi connectivity index (χ1) is 30.1. The zero-order valence-electron chi connectivity index (χ0n) is 39.2. The van der Waals surface area contributed by atoms with Crippen LogP contribution in [0.3, 0.4) is 0 Å². The van der Waals surface area contributed by atoms with Crippen LogP contribution in [0.4, 0.5) is 0 Å². The van der Waals surface area contributed by atoms with Crippen molar-refractivity contribution in [2.75, 3.05) is 27.4 Å². The first-order valence-electron chi connectivity index (χ1n) is 23.6. The van der Waals surface area contributed by atoms with Gasteiger partial charge in [-0.15, -0.1) is 0 Å². The van der Waals surface area contributed by atoms with Gasteiger partial charge in [-0.1, -0.05) is 64.5 Å². The Kier molecular flexibility index (Phi) is 16.2.